The first-order valence-corrected chi connectivity index (χ1v) is 5.73. The smallest absolute Gasteiger partial charge is 0.338 e. The maximum Gasteiger partial charge on any atom is 0.449 e. The van der Waals surface area contributed by atoms with E-state index in [4.69, 9.17) is 0 Å². The Kier molecular flexibility index (Phi) is 3.16. The van der Waals surface area contributed by atoms with Crippen molar-refractivity contribution in [3.63, 3.8) is 0 Å². The molecule has 1 aliphatic heterocycles. The van der Waals surface area contributed by atoms with E-state index in [2.05, 4.69) is 22.2 Å². The summed E-state index contributed by atoms with van der Waals surface area (Å²) in [6, 6.07) is 0.174. The third-order valence-corrected chi connectivity index (χ3v) is 3.31. The summed E-state index contributed by atoms with van der Waals surface area (Å²) in [4.78, 5) is 5.81. The summed E-state index contributed by atoms with van der Waals surface area (Å²) in [6.07, 6.45) is -2.20. The monoisotopic (exact) mass is 247 g/mol. The highest BCUT2D eigenvalue weighted by Crippen LogP contribution is 2.32. The van der Waals surface area contributed by atoms with Crippen LogP contribution in [0.3, 0.4) is 0 Å². The summed E-state index contributed by atoms with van der Waals surface area (Å²) in [6.45, 7) is 5.00. The Morgan fingerprint density at radius 3 is 2.65 bits per heavy atom. The first-order valence-electron chi connectivity index (χ1n) is 5.73. The summed E-state index contributed by atoms with van der Waals surface area (Å²) in [5, 5.41) is 3.30. The number of aromatic amines is 1. The molecule has 0 aromatic carbocycles. The van der Waals surface area contributed by atoms with Crippen molar-refractivity contribution >= 4 is 0 Å². The average molecular weight is 247 g/mol. The standard InChI is InChI=1S/C11H16F3N3/c1-6-3-8(7(2)15-4-6)9-5-16-10(17-9)11(12,13)14/h5-8,15H,3-4H2,1-2H3,(H,16,17). The Morgan fingerprint density at radius 1 is 1.35 bits per heavy atom. The fraction of sp³-hybridized carbons (Fsp3) is 0.727. The van der Waals surface area contributed by atoms with E-state index in [0.717, 1.165) is 13.0 Å². The molecule has 1 saturated heterocycles. The fourth-order valence-corrected chi connectivity index (χ4v) is 2.31. The second-order valence-corrected chi connectivity index (χ2v) is 4.83. The number of hydrogen-bond acceptors (Lipinski definition) is 2. The molecule has 0 bridgehead atoms. The number of alkyl halides is 3. The van der Waals surface area contributed by atoms with Gasteiger partial charge in [-0.05, 0) is 25.8 Å². The van der Waals surface area contributed by atoms with Crippen LogP contribution in [0.15, 0.2) is 6.20 Å². The number of piperidine rings is 1. The molecule has 0 aliphatic carbocycles. The zero-order valence-corrected chi connectivity index (χ0v) is 9.80. The highest BCUT2D eigenvalue weighted by molar-refractivity contribution is 5.13. The van der Waals surface area contributed by atoms with E-state index in [-0.39, 0.29) is 12.0 Å². The summed E-state index contributed by atoms with van der Waals surface area (Å²) >= 11 is 0. The van der Waals surface area contributed by atoms with Crippen LogP contribution in [0.25, 0.3) is 0 Å². The van der Waals surface area contributed by atoms with Crippen molar-refractivity contribution in [1.82, 2.24) is 15.3 Å². The minimum atomic E-state index is -4.39. The number of H-pyrrole nitrogens is 1. The van der Waals surface area contributed by atoms with E-state index in [1.807, 2.05) is 6.92 Å². The predicted octanol–water partition coefficient (Wildman–Crippen LogP) is 2.53. The molecule has 0 amide bonds. The number of nitrogens with one attached hydrogen (secondary N) is 2. The van der Waals surface area contributed by atoms with Gasteiger partial charge in [-0.1, -0.05) is 6.92 Å². The second kappa shape index (κ2) is 4.33. The van der Waals surface area contributed by atoms with Crippen LogP contribution in [-0.4, -0.2) is 22.6 Å². The largest absolute Gasteiger partial charge is 0.449 e. The zero-order valence-electron chi connectivity index (χ0n) is 9.80. The normalized spacial score (nSPS) is 30.5. The van der Waals surface area contributed by atoms with Crippen LogP contribution in [0.2, 0.25) is 0 Å². The Balaban J connectivity index is 2.19. The van der Waals surface area contributed by atoms with Crippen LogP contribution < -0.4 is 5.32 Å². The van der Waals surface area contributed by atoms with Gasteiger partial charge < -0.3 is 10.3 Å². The lowest BCUT2D eigenvalue weighted by molar-refractivity contribution is -0.144. The first-order chi connectivity index (χ1) is 7.88. The van der Waals surface area contributed by atoms with Crippen molar-refractivity contribution in [2.24, 2.45) is 5.92 Å². The Labute approximate surface area is 97.8 Å². The van der Waals surface area contributed by atoms with Crippen molar-refractivity contribution in [2.75, 3.05) is 6.54 Å². The molecule has 2 heterocycles. The number of imidazole rings is 1. The quantitative estimate of drug-likeness (QED) is 0.800. The SMILES string of the molecule is CC1CNC(C)C(c2cnc(C(F)(F)F)[nH]2)C1. The molecule has 3 unspecified atom stereocenters. The number of aromatic nitrogens is 2. The average Bonchev–Trinajstić information content (AvgIpc) is 2.70. The van der Waals surface area contributed by atoms with E-state index in [0.29, 0.717) is 11.6 Å². The molecule has 1 aromatic heterocycles. The maximum absolute atomic E-state index is 12.4. The lowest BCUT2D eigenvalue weighted by Crippen LogP contribution is -2.41. The van der Waals surface area contributed by atoms with Gasteiger partial charge in [0.1, 0.15) is 0 Å². The van der Waals surface area contributed by atoms with Gasteiger partial charge in [0, 0.05) is 23.9 Å². The lowest BCUT2D eigenvalue weighted by atomic mass is 9.84. The van der Waals surface area contributed by atoms with Gasteiger partial charge >= 0.3 is 6.18 Å². The van der Waals surface area contributed by atoms with Crippen molar-refractivity contribution in [1.29, 1.82) is 0 Å². The Morgan fingerprint density at radius 2 is 2.06 bits per heavy atom. The third kappa shape index (κ3) is 2.62. The van der Waals surface area contributed by atoms with Gasteiger partial charge in [0.25, 0.3) is 0 Å². The van der Waals surface area contributed by atoms with E-state index in [9.17, 15) is 13.2 Å². The maximum atomic E-state index is 12.4. The molecule has 1 fully saturated rings. The Hall–Kier alpha value is -1.04. The summed E-state index contributed by atoms with van der Waals surface area (Å²) in [5.41, 5.74) is 0.573. The van der Waals surface area contributed by atoms with E-state index >= 15 is 0 Å². The minimum absolute atomic E-state index is 0.0716. The van der Waals surface area contributed by atoms with Gasteiger partial charge in [0.05, 0.1) is 0 Å². The van der Waals surface area contributed by atoms with Crippen LogP contribution in [0.1, 0.15) is 37.7 Å². The summed E-state index contributed by atoms with van der Waals surface area (Å²) in [7, 11) is 0. The van der Waals surface area contributed by atoms with E-state index in [1.165, 1.54) is 6.20 Å². The second-order valence-electron chi connectivity index (χ2n) is 4.83. The molecule has 1 aromatic rings. The van der Waals surface area contributed by atoms with Gasteiger partial charge in [0.2, 0.25) is 5.82 Å². The van der Waals surface area contributed by atoms with Crippen LogP contribution >= 0.6 is 0 Å². The van der Waals surface area contributed by atoms with Crippen LogP contribution in [0, 0.1) is 5.92 Å². The molecule has 2 rings (SSSR count). The van der Waals surface area contributed by atoms with Gasteiger partial charge in [-0.15, -0.1) is 0 Å². The highest BCUT2D eigenvalue weighted by Gasteiger charge is 2.36. The van der Waals surface area contributed by atoms with Crippen LogP contribution in [-0.2, 0) is 6.18 Å². The number of hydrogen-bond donors (Lipinski definition) is 2. The fourth-order valence-electron chi connectivity index (χ4n) is 2.31. The van der Waals surface area contributed by atoms with Gasteiger partial charge in [0.15, 0.2) is 0 Å². The molecule has 6 heteroatoms. The molecule has 0 spiro atoms. The molecular formula is C11H16F3N3. The van der Waals surface area contributed by atoms with Gasteiger partial charge in [-0.2, -0.15) is 13.2 Å². The van der Waals surface area contributed by atoms with E-state index < -0.39 is 12.0 Å². The third-order valence-electron chi connectivity index (χ3n) is 3.31. The van der Waals surface area contributed by atoms with Crippen molar-refractivity contribution in [3.05, 3.63) is 17.7 Å². The molecule has 96 valence electrons. The van der Waals surface area contributed by atoms with Crippen LogP contribution in [0.4, 0.5) is 13.2 Å². The Bertz CT molecular complexity index is 386. The summed E-state index contributed by atoms with van der Waals surface area (Å²) < 4.78 is 37.3. The van der Waals surface area contributed by atoms with Crippen molar-refractivity contribution in [2.45, 2.75) is 38.4 Å². The number of rotatable bonds is 1. The number of nitrogens with zero attached hydrogens (tertiary/aromatic N) is 1. The zero-order chi connectivity index (χ0) is 12.6. The summed E-state index contributed by atoms with van der Waals surface area (Å²) in [5.74, 6) is -0.367. The number of halogens is 3. The van der Waals surface area contributed by atoms with Crippen molar-refractivity contribution < 1.29 is 13.2 Å². The van der Waals surface area contributed by atoms with Gasteiger partial charge in [-0.3, -0.25) is 0 Å². The predicted molar refractivity (Wildman–Crippen MR) is 57.6 cm³/mol. The minimum Gasteiger partial charge on any atom is -0.338 e. The molecule has 1 aliphatic rings. The molecule has 0 radical (unpaired) electrons. The van der Waals surface area contributed by atoms with Crippen molar-refractivity contribution in [3.8, 4) is 0 Å². The molecule has 0 saturated carbocycles. The molecule has 3 nitrogen and oxygen atoms in total. The van der Waals surface area contributed by atoms with Gasteiger partial charge in [-0.25, -0.2) is 4.98 Å². The lowest BCUT2D eigenvalue weighted by Gasteiger charge is -2.33. The topological polar surface area (TPSA) is 40.7 Å². The molecule has 2 N–H and O–H groups in total. The van der Waals surface area contributed by atoms with Crippen LogP contribution in [0.5, 0.6) is 0 Å². The molecule has 17 heavy (non-hydrogen) atoms. The van der Waals surface area contributed by atoms with E-state index in [1.54, 1.807) is 0 Å². The highest BCUT2D eigenvalue weighted by atomic mass is 19.4. The molecular weight excluding hydrogens is 231 g/mol. The molecule has 3 atom stereocenters. The first kappa shape index (κ1) is 12.4.